The summed E-state index contributed by atoms with van der Waals surface area (Å²) >= 11 is 12.0. The monoisotopic (exact) mass is 578 g/mol. The third-order valence-electron chi connectivity index (χ3n) is 6.75. The van der Waals surface area contributed by atoms with Gasteiger partial charge in [0.05, 0.1) is 17.3 Å². The van der Waals surface area contributed by atoms with Gasteiger partial charge in [-0.2, -0.15) is 0 Å². The maximum absolute atomic E-state index is 13.0. The maximum Gasteiger partial charge on any atom is 0.257 e. The summed E-state index contributed by atoms with van der Waals surface area (Å²) in [5.41, 5.74) is 3.92. The van der Waals surface area contributed by atoms with Crippen LogP contribution in [0.25, 0.3) is 0 Å². The summed E-state index contributed by atoms with van der Waals surface area (Å²) in [6.45, 7) is 9.45. The molecule has 1 heterocycles. The highest BCUT2D eigenvalue weighted by molar-refractivity contribution is 7.80. The average molecular weight is 579 g/mol. The largest absolute Gasteiger partial charge is 0.494 e. The van der Waals surface area contributed by atoms with Crippen LogP contribution >= 0.6 is 23.8 Å². The standard InChI is InChI=1S/C31H35ClN4O3S/c1-4-19-39-26-12-9-24(10-13-26)30(38)36-17-15-35(16-18-36)28-14-11-25(20-27(28)32)33-31(40)34-29(37)23-7-5-22(6-8-23)21(2)3/h5-14,20-21H,4,15-19H2,1-3H3,(H2,33,34,37,40). The number of hydrogen-bond acceptors (Lipinski definition) is 5. The lowest BCUT2D eigenvalue weighted by Crippen LogP contribution is -2.48. The Morgan fingerprint density at radius 3 is 2.20 bits per heavy atom. The van der Waals surface area contributed by atoms with Crippen LogP contribution < -0.4 is 20.3 Å². The molecule has 0 atom stereocenters. The first-order chi connectivity index (χ1) is 19.2. The van der Waals surface area contributed by atoms with Crippen LogP contribution in [0, 0.1) is 0 Å². The van der Waals surface area contributed by atoms with E-state index in [-0.39, 0.29) is 16.9 Å². The number of carbonyl (C=O) groups is 2. The molecule has 0 radical (unpaired) electrons. The fraction of sp³-hybridized carbons (Fsp3) is 0.323. The van der Waals surface area contributed by atoms with Crippen LogP contribution in [0.3, 0.4) is 0 Å². The van der Waals surface area contributed by atoms with Gasteiger partial charge in [-0.25, -0.2) is 0 Å². The van der Waals surface area contributed by atoms with Crippen LogP contribution in [0.2, 0.25) is 5.02 Å². The van der Waals surface area contributed by atoms with Crippen molar-refractivity contribution in [2.24, 2.45) is 0 Å². The predicted octanol–water partition coefficient (Wildman–Crippen LogP) is 6.34. The van der Waals surface area contributed by atoms with Gasteiger partial charge in [-0.3, -0.25) is 14.9 Å². The zero-order valence-corrected chi connectivity index (χ0v) is 24.6. The van der Waals surface area contributed by atoms with E-state index in [1.165, 1.54) is 5.56 Å². The molecule has 0 unspecified atom stereocenters. The van der Waals surface area contributed by atoms with E-state index in [2.05, 4.69) is 36.3 Å². The first kappa shape index (κ1) is 29.4. The quantitative estimate of drug-likeness (QED) is 0.304. The molecule has 4 rings (SSSR count). The van der Waals surface area contributed by atoms with Crippen molar-refractivity contribution in [1.82, 2.24) is 10.2 Å². The molecule has 3 aromatic carbocycles. The van der Waals surface area contributed by atoms with E-state index in [9.17, 15) is 9.59 Å². The highest BCUT2D eigenvalue weighted by Crippen LogP contribution is 2.30. The van der Waals surface area contributed by atoms with Gasteiger partial charge < -0.3 is 19.9 Å². The lowest BCUT2D eigenvalue weighted by molar-refractivity contribution is 0.0746. The number of benzene rings is 3. The van der Waals surface area contributed by atoms with Gasteiger partial charge in [-0.1, -0.05) is 44.5 Å². The second-order valence-corrected chi connectivity index (χ2v) is 10.8. The molecule has 0 bridgehead atoms. The van der Waals surface area contributed by atoms with Crippen molar-refractivity contribution in [1.29, 1.82) is 0 Å². The Bertz CT molecular complexity index is 1340. The van der Waals surface area contributed by atoms with Crippen molar-refractivity contribution in [3.8, 4) is 5.75 Å². The smallest absolute Gasteiger partial charge is 0.257 e. The second-order valence-electron chi connectivity index (χ2n) is 10.0. The molecule has 7 nitrogen and oxygen atoms in total. The van der Waals surface area contributed by atoms with Crippen LogP contribution in [-0.4, -0.2) is 54.6 Å². The Kier molecular flexibility index (Phi) is 10.0. The molecule has 1 aliphatic rings. The van der Waals surface area contributed by atoms with Gasteiger partial charge in [0.1, 0.15) is 5.75 Å². The van der Waals surface area contributed by atoms with E-state index < -0.39 is 0 Å². The number of nitrogens with one attached hydrogen (secondary N) is 2. The van der Waals surface area contributed by atoms with Gasteiger partial charge >= 0.3 is 0 Å². The summed E-state index contributed by atoms with van der Waals surface area (Å²) in [6, 6.07) is 20.4. The minimum absolute atomic E-state index is 0.0127. The molecule has 40 heavy (non-hydrogen) atoms. The number of halogens is 1. The fourth-order valence-corrected chi connectivity index (χ4v) is 4.96. The highest BCUT2D eigenvalue weighted by atomic mass is 35.5. The summed E-state index contributed by atoms with van der Waals surface area (Å²) in [5, 5.41) is 6.50. The first-order valence-electron chi connectivity index (χ1n) is 13.5. The molecule has 0 spiro atoms. The summed E-state index contributed by atoms with van der Waals surface area (Å²) < 4.78 is 5.61. The summed E-state index contributed by atoms with van der Waals surface area (Å²) in [5.74, 6) is 0.908. The summed E-state index contributed by atoms with van der Waals surface area (Å²) in [4.78, 5) is 29.6. The lowest BCUT2D eigenvalue weighted by Gasteiger charge is -2.36. The van der Waals surface area contributed by atoms with Gasteiger partial charge in [0.2, 0.25) is 0 Å². The van der Waals surface area contributed by atoms with Gasteiger partial charge in [0, 0.05) is 43.0 Å². The topological polar surface area (TPSA) is 73.9 Å². The molecule has 3 aromatic rings. The number of hydrogen-bond donors (Lipinski definition) is 2. The molecular formula is C31H35ClN4O3S. The van der Waals surface area contributed by atoms with E-state index in [0.717, 1.165) is 17.9 Å². The normalized spacial score (nSPS) is 13.2. The van der Waals surface area contributed by atoms with Crippen molar-refractivity contribution >= 4 is 52.1 Å². The van der Waals surface area contributed by atoms with E-state index in [0.29, 0.717) is 60.5 Å². The zero-order valence-electron chi connectivity index (χ0n) is 23.1. The number of nitrogens with zero attached hydrogens (tertiary/aromatic N) is 2. The molecule has 9 heteroatoms. The maximum atomic E-state index is 13.0. The number of rotatable bonds is 8. The molecule has 210 valence electrons. The van der Waals surface area contributed by atoms with Crippen LogP contribution in [0.15, 0.2) is 66.7 Å². The highest BCUT2D eigenvalue weighted by Gasteiger charge is 2.23. The minimum Gasteiger partial charge on any atom is -0.494 e. The van der Waals surface area contributed by atoms with E-state index >= 15 is 0 Å². The predicted molar refractivity (Wildman–Crippen MR) is 166 cm³/mol. The van der Waals surface area contributed by atoms with Crippen molar-refractivity contribution in [2.75, 3.05) is 43.0 Å². The number of thiocarbonyl (C=S) groups is 1. The summed E-state index contributed by atoms with van der Waals surface area (Å²) in [7, 11) is 0. The first-order valence-corrected chi connectivity index (χ1v) is 14.3. The number of carbonyl (C=O) groups excluding carboxylic acids is 2. The van der Waals surface area contributed by atoms with E-state index in [1.807, 2.05) is 53.4 Å². The lowest BCUT2D eigenvalue weighted by atomic mass is 10.0. The van der Waals surface area contributed by atoms with Gasteiger partial charge in [-0.05, 0) is 84.7 Å². The number of piperazine rings is 1. The third kappa shape index (κ3) is 7.52. The zero-order chi connectivity index (χ0) is 28.6. The van der Waals surface area contributed by atoms with Gasteiger partial charge in [0.15, 0.2) is 5.11 Å². The molecule has 2 N–H and O–H groups in total. The molecule has 0 aliphatic carbocycles. The van der Waals surface area contributed by atoms with Crippen LogP contribution in [0.5, 0.6) is 5.75 Å². The van der Waals surface area contributed by atoms with Gasteiger partial charge in [-0.15, -0.1) is 0 Å². The van der Waals surface area contributed by atoms with Crippen molar-refractivity contribution in [3.63, 3.8) is 0 Å². The molecule has 2 amide bonds. The molecule has 0 saturated carbocycles. The SMILES string of the molecule is CCCOc1ccc(C(=O)N2CCN(c3ccc(NC(=S)NC(=O)c4ccc(C(C)C)cc4)cc3Cl)CC2)cc1. The fourth-order valence-electron chi connectivity index (χ4n) is 4.44. The Labute approximate surface area is 246 Å². The van der Waals surface area contributed by atoms with Crippen molar-refractivity contribution in [2.45, 2.75) is 33.1 Å². The molecule has 1 aliphatic heterocycles. The Hall–Kier alpha value is -3.62. The van der Waals surface area contributed by atoms with Crippen LogP contribution in [0.4, 0.5) is 11.4 Å². The minimum atomic E-state index is -0.274. The molecular weight excluding hydrogens is 544 g/mol. The van der Waals surface area contributed by atoms with E-state index in [4.69, 9.17) is 28.6 Å². The molecule has 1 saturated heterocycles. The molecule has 1 fully saturated rings. The third-order valence-corrected chi connectivity index (χ3v) is 7.26. The van der Waals surface area contributed by atoms with E-state index in [1.54, 1.807) is 18.2 Å². The average Bonchev–Trinajstić information content (AvgIpc) is 2.96. The van der Waals surface area contributed by atoms with Crippen LogP contribution in [-0.2, 0) is 0 Å². The summed E-state index contributed by atoms with van der Waals surface area (Å²) in [6.07, 6.45) is 0.938. The Morgan fingerprint density at radius 2 is 1.60 bits per heavy atom. The molecule has 0 aromatic heterocycles. The number of amides is 2. The van der Waals surface area contributed by atoms with Crippen molar-refractivity contribution < 1.29 is 14.3 Å². The Morgan fingerprint density at radius 1 is 0.950 bits per heavy atom. The Balaban J connectivity index is 1.29. The van der Waals surface area contributed by atoms with Crippen molar-refractivity contribution in [3.05, 3.63) is 88.4 Å². The second kappa shape index (κ2) is 13.6. The number of ether oxygens (including phenoxy) is 1. The number of anilines is 2. The van der Waals surface area contributed by atoms with Gasteiger partial charge in [0.25, 0.3) is 11.8 Å². The van der Waals surface area contributed by atoms with Crippen LogP contribution in [0.1, 0.15) is 59.4 Å².